The molecule has 1 aliphatic rings. The molecule has 0 amide bonds. The van der Waals surface area contributed by atoms with Gasteiger partial charge in [0.05, 0.1) is 0 Å². The van der Waals surface area contributed by atoms with Crippen LogP contribution in [0.15, 0.2) is 24.3 Å². The summed E-state index contributed by atoms with van der Waals surface area (Å²) in [5.41, 5.74) is 7.46. The molecular formula is C16H25FN2. The van der Waals surface area contributed by atoms with Crippen molar-refractivity contribution < 1.29 is 4.39 Å². The van der Waals surface area contributed by atoms with Gasteiger partial charge in [-0.2, -0.15) is 0 Å². The molecule has 1 aliphatic heterocycles. The molecule has 3 heteroatoms. The molecule has 0 spiro atoms. The maximum absolute atomic E-state index is 13.1. The number of benzene rings is 1. The van der Waals surface area contributed by atoms with E-state index in [0.29, 0.717) is 0 Å². The highest BCUT2D eigenvalue weighted by molar-refractivity contribution is 5.22. The quantitative estimate of drug-likeness (QED) is 0.884. The molecule has 3 atom stereocenters. The van der Waals surface area contributed by atoms with Crippen molar-refractivity contribution in [2.45, 2.75) is 45.2 Å². The van der Waals surface area contributed by atoms with E-state index in [1.807, 2.05) is 12.1 Å². The summed E-state index contributed by atoms with van der Waals surface area (Å²) in [7, 11) is 0. The standard InChI is InChI=1S/C16H25FN2/c1-3-12-9-10-19(11-12)16(15(18)4-2)13-5-7-14(17)8-6-13/h5-8,12,15-16H,3-4,9-11,18H2,1-2H3. The van der Waals surface area contributed by atoms with Gasteiger partial charge in [-0.25, -0.2) is 4.39 Å². The third-order valence-electron chi connectivity index (χ3n) is 4.38. The second-order valence-electron chi connectivity index (χ2n) is 5.63. The second-order valence-corrected chi connectivity index (χ2v) is 5.63. The van der Waals surface area contributed by atoms with Crippen molar-refractivity contribution in [3.05, 3.63) is 35.6 Å². The number of nitrogens with two attached hydrogens (primary N) is 1. The molecule has 0 bridgehead atoms. The van der Waals surface area contributed by atoms with Gasteiger partial charge >= 0.3 is 0 Å². The molecule has 0 radical (unpaired) electrons. The zero-order chi connectivity index (χ0) is 13.8. The maximum atomic E-state index is 13.1. The second kappa shape index (κ2) is 6.49. The smallest absolute Gasteiger partial charge is 0.123 e. The molecule has 0 aromatic heterocycles. The topological polar surface area (TPSA) is 29.3 Å². The van der Waals surface area contributed by atoms with Crippen LogP contribution >= 0.6 is 0 Å². The molecule has 1 saturated heterocycles. The van der Waals surface area contributed by atoms with Gasteiger partial charge in [-0.15, -0.1) is 0 Å². The van der Waals surface area contributed by atoms with Gasteiger partial charge in [-0.05, 0) is 43.0 Å². The van der Waals surface area contributed by atoms with Crippen LogP contribution in [-0.2, 0) is 0 Å². The molecule has 0 aliphatic carbocycles. The van der Waals surface area contributed by atoms with Crippen LogP contribution in [0.1, 0.15) is 44.7 Å². The Labute approximate surface area is 115 Å². The summed E-state index contributed by atoms with van der Waals surface area (Å²) in [6.45, 7) is 6.59. The molecule has 106 valence electrons. The molecule has 2 N–H and O–H groups in total. The zero-order valence-corrected chi connectivity index (χ0v) is 12.0. The Balaban J connectivity index is 2.19. The Morgan fingerprint density at radius 2 is 2.00 bits per heavy atom. The zero-order valence-electron chi connectivity index (χ0n) is 12.0. The van der Waals surface area contributed by atoms with Crippen LogP contribution in [0.3, 0.4) is 0 Å². The summed E-state index contributed by atoms with van der Waals surface area (Å²) >= 11 is 0. The monoisotopic (exact) mass is 264 g/mol. The highest BCUT2D eigenvalue weighted by Crippen LogP contribution is 2.31. The van der Waals surface area contributed by atoms with Gasteiger partial charge in [-0.1, -0.05) is 32.4 Å². The van der Waals surface area contributed by atoms with Gasteiger partial charge in [0, 0.05) is 18.6 Å². The lowest BCUT2D eigenvalue weighted by atomic mass is 9.96. The van der Waals surface area contributed by atoms with Gasteiger partial charge in [-0.3, -0.25) is 4.90 Å². The fourth-order valence-corrected chi connectivity index (χ4v) is 3.06. The van der Waals surface area contributed by atoms with Crippen LogP contribution in [0.5, 0.6) is 0 Å². The van der Waals surface area contributed by atoms with E-state index in [-0.39, 0.29) is 17.9 Å². The lowest BCUT2D eigenvalue weighted by Gasteiger charge is -2.32. The van der Waals surface area contributed by atoms with Crippen molar-refractivity contribution >= 4 is 0 Å². The third kappa shape index (κ3) is 3.34. The third-order valence-corrected chi connectivity index (χ3v) is 4.38. The molecule has 1 aromatic rings. The first-order chi connectivity index (χ1) is 9.15. The van der Waals surface area contributed by atoms with E-state index in [1.54, 1.807) is 0 Å². The average molecular weight is 264 g/mol. The lowest BCUT2D eigenvalue weighted by molar-refractivity contribution is 0.201. The molecular weight excluding hydrogens is 239 g/mol. The Bertz CT molecular complexity index is 390. The van der Waals surface area contributed by atoms with Crippen molar-refractivity contribution in [2.24, 2.45) is 11.7 Å². The predicted molar refractivity (Wildman–Crippen MR) is 77.4 cm³/mol. The summed E-state index contributed by atoms with van der Waals surface area (Å²) in [6.07, 6.45) is 3.42. The van der Waals surface area contributed by atoms with E-state index < -0.39 is 0 Å². The molecule has 1 heterocycles. The summed E-state index contributed by atoms with van der Waals surface area (Å²) in [5.74, 6) is 0.604. The minimum atomic E-state index is -0.180. The molecule has 19 heavy (non-hydrogen) atoms. The van der Waals surface area contributed by atoms with Gasteiger partial charge in [0.1, 0.15) is 5.82 Å². The van der Waals surface area contributed by atoms with Crippen molar-refractivity contribution in [3.8, 4) is 0 Å². The highest BCUT2D eigenvalue weighted by atomic mass is 19.1. The first-order valence-electron chi connectivity index (χ1n) is 7.40. The maximum Gasteiger partial charge on any atom is 0.123 e. The fourth-order valence-electron chi connectivity index (χ4n) is 3.06. The normalized spacial score (nSPS) is 23.5. The molecule has 3 unspecified atom stereocenters. The number of hydrogen-bond donors (Lipinski definition) is 1. The van der Waals surface area contributed by atoms with Crippen LogP contribution in [0.2, 0.25) is 0 Å². The summed E-state index contributed by atoms with van der Waals surface area (Å²) in [4.78, 5) is 2.48. The number of rotatable bonds is 5. The first kappa shape index (κ1) is 14.5. The van der Waals surface area contributed by atoms with Gasteiger partial charge in [0.15, 0.2) is 0 Å². The molecule has 1 fully saturated rings. The van der Waals surface area contributed by atoms with Crippen LogP contribution in [0, 0.1) is 11.7 Å². The molecule has 1 aromatic carbocycles. The van der Waals surface area contributed by atoms with E-state index in [1.165, 1.54) is 25.0 Å². The van der Waals surface area contributed by atoms with E-state index >= 15 is 0 Å². The van der Waals surface area contributed by atoms with Crippen LogP contribution in [-0.4, -0.2) is 24.0 Å². The van der Waals surface area contributed by atoms with E-state index in [0.717, 1.165) is 31.0 Å². The lowest BCUT2D eigenvalue weighted by Crippen LogP contribution is -2.39. The van der Waals surface area contributed by atoms with Crippen molar-refractivity contribution in [1.29, 1.82) is 0 Å². The SMILES string of the molecule is CCC1CCN(C(c2ccc(F)cc2)C(N)CC)C1. The predicted octanol–water partition coefficient (Wildman–Crippen LogP) is 3.34. The number of likely N-dealkylation sites (tertiary alicyclic amines) is 1. The van der Waals surface area contributed by atoms with Crippen LogP contribution in [0.4, 0.5) is 4.39 Å². The highest BCUT2D eigenvalue weighted by Gasteiger charge is 2.31. The number of halogens is 1. The fraction of sp³-hybridized carbons (Fsp3) is 0.625. The Kier molecular flexibility index (Phi) is 4.94. The Morgan fingerprint density at radius 3 is 2.53 bits per heavy atom. The first-order valence-corrected chi connectivity index (χ1v) is 7.40. The van der Waals surface area contributed by atoms with E-state index in [4.69, 9.17) is 5.73 Å². The van der Waals surface area contributed by atoms with Gasteiger partial charge < -0.3 is 5.73 Å². The van der Waals surface area contributed by atoms with Crippen LogP contribution in [0.25, 0.3) is 0 Å². The Morgan fingerprint density at radius 1 is 1.32 bits per heavy atom. The van der Waals surface area contributed by atoms with Crippen molar-refractivity contribution in [2.75, 3.05) is 13.1 Å². The molecule has 0 saturated carbocycles. The minimum Gasteiger partial charge on any atom is -0.326 e. The van der Waals surface area contributed by atoms with E-state index in [2.05, 4.69) is 18.7 Å². The summed E-state index contributed by atoms with van der Waals surface area (Å²) in [6, 6.07) is 7.18. The van der Waals surface area contributed by atoms with Gasteiger partial charge in [0.2, 0.25) is 0 Å². The number of nitrogens with zero attached hydrogens (tertiary/aromatic N) is 1. The Hall–Kier alpha value is -0.930. The largest absolute Gasteiger partial charge is 0.326 e. The minimum absolute atomic E-state index is 0.112. The number of hydrogen-bond acceptors (Lipinski definition) is 2. The van der Waals surface area contributed by atoms with Crippen LogP contribution < -0.4 is 5.73 Å². The van der Waals surface area contributed by atoms with Crippen molar-refractivity contribution in [1.82, 2.24) is 4.90 Å². The molecule has 2 rings (SSSR count). The van der Waals surface area contributed by atoms with Crippen molar-refractivity contribution in [3.63, 3.8) is 0 Å². The summed E-state index contributed by atoms with van der Waals surface area (Å²) < 4.78 is 13.1. The van der Waals surface area contributed by atoms with Gasteiger partial charge in [0.25, 0.3) is 0 Å². The van der Waals surface area contributed by atoms with E-state index in [9.17, 15) is 4.39 Å². The summed E-state index contributed by atoms with van der Waals surface area (Å²) in [5, 5.41) is 0. The average Bonchev–Trinajstić information content (AvgIpc) is 2.89. The molecule has 2 nitrogen and oxygen atoms in total.